The zero-order valence-corrected chi connectivity index (χ0v) is 86.1. The molecule has 2 fully saturated rings. The molecule has 0 aliphatic carbocycles. The molecule has 41 heteroatoms. The van der Waals surface area contributed by atoms with E-state index >= 15 is 0 Å². The van der Waals surface area contributed by atoms with Crippen LogP contribution in [0.4, 0.5) is 62.4 Å². The fourth-order valence-corrected chi connectivity index (χ4v) is 13.9. The van der Waals surface area contributed by atoms with Gasteiger partial charge in [0, 0.05) is 140 Å². The molecule has 6 aromatic heterocycles. The van der Waals surface area contributed by atoms with E-state index in [1.807, 2.05) is 186 Å². The van der Waals surface area contributed by atoms with Crippen molar-refractivity contribution in [3.8, 4) is 40.6 Å². The molecular weight excluding hydrogens is 1810 g/mol. The quantitative estimate of drug-likeness (QED) is 0.0207. The van der Waals surface area contributed by atoms with E-state index in [9.17, 15) is 33.9 Å². The molecule has 0 saturated carbocycles. The lowest BCUT2D eigenvalue weighted by atomic mass is 10.1. The van der Waals surface area contributed by atoms with Crippen molar-refractivity contribution in [2.75, 3.05) is 120 Å². The number of methoxy groups -OCH3 is 2. The number of thiazole rings is 1. The van der Waals surface area contributed by atoms with E-state index in [4.69, 9.17) is 33.4 Å². The van der Waals surface area contributed by atoms with Gasteiger partial charge in [0.15, 0.2) is 39.5 Å². The van der Waals surface area contributed by atoms with Gasteiger partial charge in [-0.1, -0.05) is 55.2 Å². The van der Waals surface area contributed by atoms with Crippen molar-refractivity contribution in [2.45, 2.75) is 256 Å². The van der Waals surface area contributed by atoms with Gasteiger partial charge in [-0.05, 0) is 225 Å². The summed E-state index contributed by atoms with van der Waals surface area (Å²) >= 11 is 1.35. The van der Waals surface area contributed by atoms with Gasteiger partial charge >= 0.3 is 6.03 Å². The van der Waals surface area contributed by atoms with Gasteiger partial charge in [-0.15, -0.1) is 0 Å². The molecule has 2 saturated heterocycles. The lowest BCUT2D eigenvalue weighted by molar-refractivity contribution is -0.132. The van der Waals surface area contributed by atoms with Gasteiger partial charge in [-0.2, -0.15) is 25.3 Å². The number of hydrogen-bond acceptors (Lipinski definition) is 33. The highest BCUT2D eigenvalue weighted by atomic mass is 32.1. The van der Waals surface area contributed by atoms with Gasteiger partial charge in [-0.3, -0.25) is 44.0 Å². The van der Waals surface area contributed by atoms with Gasteiger partial charge in [0.05, 0.1) is 58.2 Å². The fraction of sp³-hybridized carbons (Fsp3) is 0.495. The number of aliphatic hydroxyl groups excluding tert-OH is 1. The molecule has 16 N–H and O–H groups in total. The number of para-hydroxylation sites is 1. The van der Waals surface area contributed by atoms with Crippen molar-refractivity contribution in [2.24, 2.45) is 9.98 Å². The smallest absolute Gasteiger partial charge is 0.319 e. The predicted molar refractivity (Wildman–Crippen MR) is 555 cm³/mol. The van der Waals surface area contributed by atoms with Crippen LogP contribution in [0.5, 0.6) is 23.3 Å². The summed E-state index contributed by atoms with van der Waals surface area (Å²) in [5.74, 6) is 7.04. The number of rotatable bonds is 29. The number of H-pyrrole nitrogens is 1. The first-order valence-electron chi connectivity index (χ1n) is 47.2. The Morgan fingerprint density at radius 1 is 0.636 bits per heavy atom. The molecule has 140 heavy (non-hydrogen) atoms. The molecule has 0 bridgehead atoms. The number of hydrogen-bond donors (Lipinski definition) is 16. The number of aromatic amines is 1. The third-order valence-corrected chi connectivity index (χ3v) is 20.6. The Hall–Kier alpha value is -14.1. The number of aliphatic imine (C=N–C) groups is 2. The predicted octanol–water partition coefficient (Wildman–Crippen LogP) is 15.0. The molecule has 0 radical (unpaired) electrons. The normalized spacial score (nSPS) is 14.7. The number of nitriles is 1. The molecule has 14 rings (SSSR count). The molecule has 7 amide bonds. The maximum absolute atomic E-state index is 12.1. The Labute approximate surface area is 826 Å². The van der Waals surface area contributed by atoms with Crippen molar-refractivity contribution < 1.29 is 62.0 Å². The lowest BCUT2D eigenvalue weighted by Gasteiger charge is -2.36. The number of amidine groups is 2. The standard InChI is InChI=1S/C16H18N4O.C13H22N4O2.C13H19N3O2.C13H15N3OS.C12H17N3O2.C12H19N3O.C11H20N4O2.C9H15N3O2/c1-11(2)18-16-20-15(10-21-16)13-4-6-14(7-5-13)19-12(3)8-9-17;1-9(2)15-12-7-11(8-14-12)17-13(18)16-10-3-5-19-6-4-10;1-8(2)14-10-7-6-9-11(15-10)16(5)12(17)13(3,4)18-9;1-9(2)15-13-14-8-11(18-13)12(17)16-10-6-4-3-5-7-10;1-7(2)13-9-6-5-8-10(14-9)15-11(16)12(3,4)17-8;1-9(2)14-11-7-10(8-13-11)12(16)15-5-3-4-6-15;1-4-8(16)6-12-11(17)9-5-10(15-14-9)13-7(2)3;1-6(2)10-9-11-7(13-3)5-8(12-9)14-4/h4-7,10-11,19H,3,8H2,1-2H3,(H,18,20);7,9-10H,3-6,8H2,1-2H3,(H,14,15)(H2,16,17,18);6-8H,1-5H3,(H,14,15);3-9H,1-2H3,(H,14,15)(H,16,17);5-7H,1-4H3,(H2,13,14,15,16);7,9H,3-6,8H2,1-2H3,(H,13,14);5,7-8,16H,4,6H2,1-3H3,(H,12,17)(H2,13,14,15);5-6H,1-4H3,(H,10,11,12)/t;;;;;;8-;/m......1./s1. The molecule has 12 heterocycles. The van der Waals surface area contributed by atoms with Gasteiger partial charge in [0.1, 0.15) is 51.7 Å². The average Bonchev–Trinajstić information content (AvgIpc) is 0.811. The SMILES string of the molecule is C=C(CC#N)Nc1ccc(-c2coc(NC(C)C)n2)cc1.CC(C)NC1=NCC(C(=O)N2CCCC2)=C1.CC(C)NC1=NCC(NC(=O)NC2CCOCC2)=C1.CC(C)Nc1ccc2c(n1)N(C)C(=O)C(C)(C)O2.CC(C)Nc1ccc2c(n1)NC(=O)C(C)(C)O2.CC(C)Nc1ncc(C(=O)Nc2ccccc2)s1.CC[C@@H](O)CNC(=O)c1cc(NC(C)C)n[nH]1.COc1cc(OC)nc(NC(C)C)n1. The number of carbonyl (C=O) groups is 6. The minimum Gasteiger partial charge on any atom is -0.481 e. The van der Waals surface area contributed by atoms with Crippen LogP contribution in [-0.4, -0.2) is 236 Å². The molecule has 0 unspecified atom stereocenters. The number of oxazole rings is 1. The van der Waals surface area contributed by atoms with E-state index in [0.717, 1.165) is 114 Å². The number of aromatic nitrogens is 8. The van der Waals surface area contributed by atoms with E-state index < -0.39 is 17.3 Å². The summed E-state index contributed by atoms with van der Waals surface area (Å²) in [6.07, 6.45) is 11.4. The molecule has 40 nitrogen and oxygen atoms in total. The van der Waals surface area contributed by atoms with Gasteiger partial charge in [-0.25, -0.2) is 19.7 Å². The van der Waals surface area contributed by atoms with Crippen molar-refractivity contribution >= 4 is 116 Å². The molecule has 8 aromatic rings. The number of likely N-dealkylation sites (N-methyl/N-ethyl adjacent to an activating group) is 1. The van der Waals surface area contributed by atoms with E-state index in [2.05, 4.69) is 165 Å². The zero-order chi connectivity index (χ0) is 103. The highest BCUT2D eigenvalue weighted by Crippen LogP contribution is 2.37. The largest absolute Gasteiger partial charge is 0.481 e. The Bertz CT molecular complexity index is 5450. The third kappa shape index (κ3) is 39.4. The minimum absolute atomic E-state index is 0.0933. The fourth-order valence-electron chi connectivity index (χ4n) is 13.1. The highest BCUT2D eigenvalue weighted by Gasteiger charge is 2.41. The van der Waals surface area contributed by atoms with E-state index in [-0.39, 0.29) is 84.8 Å². The maximum Gasteiger partial charge on any atom is 0.319 e. The van der Waals surface area contributed by atoms with Crippen LogP contribution >= 0.6 is 11.3 Å². The van der Waals surface area contributed by atoms with Crippen LogP contribution < -0.4 is 98.3 Å². The highest BCUT2D eigenvalue weighted by molar-refractivity contribution is 7.17. The van der Waals surface area contributed by atoms with Crippen molar-refractivity contribution in [3.63, 3.8) is 0 Å². The first-order chi connectivity index (χ1) is 66.4. The molecule has 6 aliphatic rings. The van der Waals surface area contributed by atoms with Crippen LogP contribution in [0.3, 0.4) is 0 Å². The zero-order valence-electron chi connectivity index (χ0n) is 85.3. The number of nitrogens with zero attached hydrogens (tertiary/aromatic N) is 12. The summed E-state index contributed by atoms with van der Waals surface area (Å²) in [6.45, 7) is 49.7. The second kappa shape index (κ2) is 56.1. The molecule has 1 atom stereocenters. The number of aliphatic hydroxyl groups is 1. The average molecular weight is 1950 g/mol. The second-order valence-electron chi connectivity index (χ2n) is 36.5. The van der Waals surface area contributed by atoms with Crippen LogP contribution in [0.1, 0.15) is 204 Å². The topological polar surface area (TPSA) is 511 Å². The Morgan fingerprint density at radius 3 is 1.79 bits per heavy atom. The summed E-state index contributed by atoms with van der Waals surface area (Å²) in [5.41, 5.74) is 4.45. The summed E-state index contributed by atoms with van der Waals surface area (Å²) in [4.78, 5) is 109. The van der Waals surface area contributed by atoms with Crippen molar-refractivity contribution in [3.05, 3.63) is 150 Å². The first kappa shape index (κ1) is 113. The molecule has 0 spiro atoms. The van der Waals surface area contributed by atoms with Crippen LogP contribution in [0.15, 0.2) is 154 Å². The van der Waals surface area contributed by atoms with Crippen LogP contribution in [0.2, 0.25) is 0 Å². The summed E-state index contributed by atoms with van der Waals surface area (Å²) in [5, 5.41) is 67.6. The number of likely N-dealkylation sites (tertiary alicyclic amines) is 1. The van der Waals surface area contributed by atoms with Crippen LogP contribution in [0.25, 0.3) is 11.3 Å². The Kier molecular flexibility index (Phi) is 45.2. The second-order valence-corrected chi connectivity index (χ2v) is 37.5. The maximum atomic E-state index is 12.1. The summed E-state index contributed by atoms with van der Waals surface area (Å²) in [7, 11) is 4.83. The minimum atomic E-state index is -0.846. The monoisotopic (exact) mass is 1950 g/mol. The number of carbonyl (C=O) groups excluding carboxylic acids is 6. The van der Waals surface area contributed by atoms with Gasteiger partial charge in [0.25, 0.3) is 35.6 Å². The summed E-state index contributed by atoms with van der Waals surface area (Å²) < 4.78 is 31.9. The molecule has 2 aromatic carbocycles. The molecule has 760 valence electrons. The number of ether oxygens (including phenoxy) is 5. The first-order valence-corrected chi connectivity index (χ1v) is 48.0. The van der Waals surface area contributed by atoms with Crippen molar-refractivity contribution in [1.82, 2.24) is 71.6 Å². The molecule has 6 aliphatic heterocycles. The van der Waals surface area contributed by atoms with E-state index in [1.54, 1.807) is 78.5 Å². The van der Waals surface area contributed by atoms with E-state index in [0.29, 0.717) is 107 Å². The number of pyridine rings is 2. The number of urea groups is 1. The lowest BCUT2D eigenvalue weighted by Crippen LogP contribution is -2.51. The number of benzene rings is 2. The number of amides is 7. The van der Waals surface area contributed by atoms with Crippen LogP contribution in [-0.2, 0) is 19.1 Å². The van der Waals surface area contributed by atoms with Crippen molar-refractivity contribution in [1.29, 1.82) is 5.26 Å². The van der Waals surface area contributed by atoms with Crippen LogP contribution in [0, 0.1) is 11.3 Å². The Morgan fingerprint density at radius 2 is 1.20 bits per heavy atom. The number of anilines is 10. The van der Waals surface area contributed by atoms with Gasteiger partial charge < -0.3 is 113 Å². The number of allylic oxidation sites excluding steroid dienone is 1. The Balaban J connectivity index is 0.000000218. The number of nitrogens with one attached hydrogen (secondary N) is 15. The van der Waals surface area contributed by atoms with Gasteiger partial charge in [0.2, 0.25) is 17.7 Å². The molecular formula is C99H145N27O13S. The summed E-state index contributed by atoms with van der Waals surface area (Å²) in [6, 6.07) is 32.8. The van der Waals surface area contributed by atoms with E-state index in [1.165, 1.54) is 11.3 Å². The third-order valence-electron chi connectivity index (χ3n) is 19.7. The number of fused-ring (bicyclic) bond motifs is 2.